The van der Waals surface area contributed by atoms with E-state index in [9.17, 15) is 13.2 Å². The topological polar surface area (TPSA) is 9.23 Å². The molecular formula is C27H35F3O. The van der Waals surface area contributed by atoms with Crippen LogP contribution in [0.3, 0.4) is 0 Å². The number of hydrogen-bond acceptors (Lipinski definition) is 1. The first-order chi connectivity index (χ1) is 15.0. The zero-order chi connectivity index (χ0) is 22.1. The lowest BCUT2D eigenvalue weighted by Gasteiger charge is -2.30. The maximum absolute atomic E-state index is 12.8. The van der Waals surface area contributed by atoms with Crippen LogP contribution >= 0.6 is 0 Å². The molecule has 31 heavy (non-hydrogen) atoms. The Hall–Kier alpha value is -1.97. The Morgan fingerprint density at radius 1 is 0.839 bits per heavy atom. The van der Waals surface area contributed by atoms with Gasteiger partial charge in [0, 0.05) is 0 Å². The number of alkyl halides is 3. The molecule has 2 aromatic carbocycles. The summed E-state index contributed by atoms with van der Waals surface area (Å²) in [5, 5.41) is 0. The number of ether oxygens (including phenoxy) is 1. The zero-order valence-electron chi connectivity index (χ0n) is 18.5. The van der Waals surface area contributed by atoms with Gasteiger partial charge in [-0.25, -0.2) is 0 Å². The smallest absolute Gasteiger partial charge is 0.416 e. The summed E-state index contributed by atoms with van der Waals surface area (Å²) in [5.41, 5.74) is 0.433. The molecule has 0 bridgehead atoms. The lowest BCUT2D eigenvalue weighted by molar-refractivity contribution is -0.137. The van der Waals surface area contributed by atoms with Gasteiger partial charge in [0.1, 0.15) is 11.9 Å². The van der Waals surface area contributed by atoms with Gasteiger partial charge in [0.15, 0.2) is 0 Å². The molecule has 0 amide bonds. The van der Waals surface area contributed by atoms with E-state index in [2.05, 4.69) is 6.92 Å². The van der Waals surface area contributed by atoms with Gasteiger partial charge in [0.25, 0.3) is 0 Å². The highest BCUT2D eigenvalue weighted by Crippen LogP contribution is 2.37. The molecule has 0 saturated heterocycles. The second-order valence-corrected chi connectivity index (χ2v) is 9.00. The first-order valence-corrected chi connectivity index (χ1v) is 11.8. The van der Waals surface area contributed by atoms with E-state index in [0.29, 0.717) is 5.75 Å². The second-order valence-electron chi connectivity index (χ2n) is 9.00. The van der Waals surface area contributed by atoms with E-state index in [4.69, 9.17) is 4.74 Å². The third kappa shape index (κ3) is 7.59. The Morgan fingerprint density at radius 3 is 2.03 bits per heavy atom. The van der Waals surface area contributed by atoms with Gasteiger partial charge in [-0.3, -0.25) is 0 Å². The molecule has 0 N–H and O–H groups in total. The first kappa shape index (κ1) is 23.7. The lowest BCUT2D eigenvalue weighted by atomic mass is 9.77. The summed E-state index contributed by atoms with van der Waals surface area (Å²) in [7, 11) is 0. The molecule has 4 heteroatoms. The Morgan fingerprint density at radius 2 is 1.45 bits per heavy atom. The van der Waals surface area contributed by atoms with Crippen LogP contribution in [-0.2, 0) is 6.18 Å². The van der Waals surface area contributed by atoms with Crippen molar-refractivity contribution in [3.05, 3.63) is 65.7 Å². The van der Waals surface area contributed by atoms with Crippen LogP contribution in [0.1, 0.15) is 88.4 Å². The van der Waals surface area contributed by atoms with Crippen molar-refractivity contribution in [2.24, 2.45) is 11.8 Å². The molecule has 1 nitrogen and oxygen atoms in total. The van der Waals surface area contributed by atoms with Crippen LogP contribution in [0.4, 0.5) is 13.2 Å². The molecule has 0 aromatic heterocycles. The standard InChI is InChI=1S/C27H35F3O/c1-2-3-5-8-21-11-13-22(14-12-21)15-20-26(23-9-6-4-7-10-23)31-25-18-16-24(17-19-25)27(28,29)30/h4,6-7,9-10,16-19,21-22,26H,2-3,5,8,11-15,20H2,1H3/t21-,22-,26?. The maximum Gasteiger partial charge on any atom is 0.416 e. The minimum absolute atomic E-state index is 0.139. The fourth-order valence-electron chi connectivity index (χ4n) is 4.73. The summed E-state index contributed by atoms with van der Waals surface area (Å²) >= 11 is 0. The average Bonchev–Trinajstić information content (AvgIpc) is 2.78. The van der Waals surface area contributed by atoms with Crippen molar-refractivity contribution >= 4 is 0 Å². The van der Waals surface area contributed by atoms with Crippen LogP contribution in [0.2, 0.25) is 0 Å². The summed E-state index contributed by atoms with van der Waals surface area (Å²) in [4.78, 5) is 0. The maximum atomic E-state index is 12.8. The molecule has 170 valence electrons. The summed E-state index contributed by atoms with van der Waals surface area (Å²) in [6.07, 6.45) is 8.15. The molecule has 0 heterocycles. The lowest BCUT2D eigenvalue weighted by Crippen LogP contribution is -2.16. The van der Waals surface area contributed by atoms with Crippen LogP contribution in [-0.4, -0.2) is 0 Å². The van der Waals surface area contributed by atoms with Crippen molar-refractivity contribution in [2.45, 2.75) is 83.4 Å². The number of unbranched alkanes of at least 4 members (excludes halogenated alkanes) is 2. The Labute approximate surface area is 185 Å². The van der Waals surface area contributed by atoms with Crippen LogP contribution in [0.15, 0.2) is 54.6 Å². The monoisotopic (exact) mass is 432 g/mol. The molecule has 2 aromatic rings. The van der Waals surface area contributed by atoms with Crippen LogP contribution < -0.4 is 4.74 Å². The van der Waals surface area contributed by atoms with Crippen molar-refractivity contribution in [1.29, 1.82) is 0 Å². The fraction of sp³-hybridized carbons (Fsp3) is 0.556. The molecule has 1 atom stereocenters. The third-order valence-electron chi connectivity index (χ3n) is 6.65. The van der Waals surface area contributed by atoms with E-state index < -0.39 is 11.7 Å². The van der Waals surface area contributed by atoms with Gasteiger partial charge in [-0.2, -0.15) is 13.2 Å². The molecule has 0 spiro atoms. The Kier molecular flexibility index (Phi) is 8.86. The van der Waals surface area contributed by atoms with Crippen LogP contribution in [0, 0.1) is 11.8 Å². The van der Waals surface area contributed by atoms with E-state index in [0.717, 1.165) is 42.4 Å². The number of hydrogen-bond donors (Lipinski definition) is 0. The minimum atomic E-state index is -4.33. The molecule has 0 radical (unpaired) electrons. The summed E-state index contributed by atoms with van der Waals surface area (Å²) in [6, 6.07) is 15.1. The van der Waals surface area contributed by atoms with Crippen molar-refractivity contribution in [3.8, 4) is 5.75 Å². The quantitative estimate of drug-likeness (QED) is 0.340. The van der Waals surface area contributed by atoms with Crippen LogP contribution in [0.25, 0.3) is 0 Å². The molecular weight excluding hydrogens is 397 g/mol. The Balaban J connectivity index is 1.56. The highest BCUT2D eigenvalue weighted by molar-refractivity contribution is 5.30. The zero-order valence-corrected chi connectivity index (χ0v) is 18.5. The average molecular weight is 433 g/mol. The highest BCUT2D eigenvalue weighted by Gasteiger charge is 2.30. The fourth-order valence-corrected chi connectivity index (χ4v) is 4.73. The second kappa shape index (κ2) is 11.6. The molecule has 0 aliphatic heterocycles. The van der Waals surface area contributed by atoms with Gasteiger partial charge in [-0.05, 0) is 54.5 Å². The SMILES string of the molecule is CCCCC[C@H]1CC[C@H](CCC(Oc2ccc(C(F)(F)F)cc2)c2ccccc2)CC1. The number of halogens is 3. The largest absolute Gasteiger partial charge is 0.486 e. The molecule has 1 fully saturated rings. The third-order valence-corrected chi connectivity index (χ3v) is 6.65. The van der Waals surface area contributed by atoms with Gasteiger partial charge < -0.3 is 4.74 Å². The number of rotatable bonds is 10. The van der Waals surface area contributed by atoms with E-state index >= 15 is 0 Å². The molecule has 1 aliphatic rings. The van der Waals surface area contributed by atoms with E-state index in [1.54, 1.807) is 0 Å². The van der Waals surface area contributed by atoms with Crippen molar-refractivity contribution in [1.82, 2.24) is 0 Å². The first-order valence-electron chi connectivity index (χ1n) is 11.8. The van der Waals surface area contributed by atoms with E-state index in [-0.39, 0.29) is 6.10 Å². The van der Waals surface area contributed by atoms with Crippen molar-refractivity contribution in [2.75, 3.05) is 0 Å². The van der Waals surface area contributed by atoms with E-state index in [1.807, 2.05) is 30.3 Å². The number of benzene rings is 2. The van der Waals surface area contributed by atoms with Gasteiger partial charge in [0.05, 0.1) is 5.56 Å². The summed E-state index contributed by atoms with van der Waals surface area (Å²) < 4.78 is 44.7. The predicted molar refractivity (Wildman–Crippen MR) is 120 cm³/mol. The Bertz CT molecular complexity index is 746. The van der Waals surface area contributed by atoms with Gasteiger partial charge >= 0.3 is 6.18 Å². The summed E-state index contributed by atoms with van der Waals surface area (Å²) in [5.74, 6) is 2.11. The van der Waals surface area contributed by atoms with Gasteiger partial charge in [-0.1, -0.05) is 88.6 Å². The van der Waals surface area contributed by atoms with Gasteiger partial charge in [-0.15, -0.1) is 0 Å². The normalized spacial score (nSPS) is 20.4. The van der Waals surface area contributed by atoms with Gasteiger partial charge in [0.2, 0.25) is 0 Å². The van der Waals surface area contributed by atoms with Crippen LogP contribution in [0.5, 0.6) is 5.75 Å². The minimum Gasteiger partial charge on any atom is -0.486 e. The molecule has 1 unspecified atom stereocenters. The molecule has 1 saturated carbocycles. The predicted octanol–water partition coefficient (Wildman–Crippen LogP) is 8.99. The van der Waals surface area contributed by atoms with Crippen molar-refractivity contribution in [3.63, 3.8) is 0 Å². The summed E-state index contributed by atoms with van der Waals surface area (Å²) in [6.45, 7) is 2.26. The highest BCUT2D eigenvalue weighted by atomic mass is 19.4. The van der Waals surface area contributed by atoms with E-state index in [1.165, 1.54) is 63.5 Å². The molecule has 1 aliphatic carbocycles. The van der Waals surface area contributed by atoms with Crippen molar-refractivity contribution < 1.29 is 17.9 Å². The molecule has 3 rings (SSSR count).